The molecule has 0 bridgehead atoms. The first-order chi connectivity index (χ1) is 19.8. The van der Waals surface area contributed by atoms with Crippen LogP contribution in [0.4, 0.5) is 5.82 Å². The molecular formula is C30H28N6O5. The second kappa shape index (κ2) is 10.3. The van der Waals surface area contributed by atoms with Crippen molar-refractivity contribution in [3.05, 3.63) is 80.9 Å². The monoisotopic (exact) mass is 552 g/mol. The number of hydrogen-bond acceptors (Lipinski definition) is 9. The topological polar surface area (TPSA) is 121 Å². The van der Waals surface area contributed by atoms with Crippen molar-refractivity contribution in [2.45, 2.75) is 6.92 Å². The first-order valence-corrected chi connectivity index (χ1v) is 13.2. The van der Waals surface area contributed by atoms with E-state index in [-0.39, 0.29) is 16.8 Å². The third-order valence-electron chi connectivity index (χ3n) is 7.50. The van der Waals surface area contributed by atoms with E-state index in [2.05, 4.69) is 14.9 Å². The molecule has 6 heterocycles. The number of fused-ring (bicyclic) bond motifs is 2. The van der Waals surface area contributed by atoms with E-state index in [1.54, 1.807) is 56.2 Å². The van der Waals surface area contributed by atoms with E-state index >= 15 is 0 Å². The molecule has 41 heavy (non-hydrogen) atoms. The number of aromatic nitrogens is 5. The van der Waals surface area contributed by atoms with Crippen LogP contribution in [0.15, 0.2) is 58.5 Å². The van der Waals surface area contributed by atoms with Gasteiger partial charge >= 0.3 is 5.97 Å². The molecule has 208 valence electrons. The molecular weight excluding hydrogens is 524 g/mol. The van der Waals surface area contributed by atoms with Crippen LogP contribution in [0.5, 0.6) is 0 Å². The van der Waals surface area contributed by atoms with Gasteiger partial charge in [-0.05, 0) is 31.2 Å². The zero-order chi connectivity index (χ0) is 28.8. The number of esters is 1. The van der Waals surface area contributed by atoms with Crippen LogP contribution in [-0.2, 0) is 23.6 Å². The number of ether oxygens (including phenoxy) is 2. The van der Waals surface area contributed by atoms with Crippen LogP contribution >= 0.6 is 0 Å². The molecule has 0 atom stereocenters. The summed E-state index contributed by atoms with van der Waals surface area (Å²) in [5.41, 5.74) is 3.81. The molecule has 0 saturated carbocycles. The van der Waals surface area contributed by atoms with Crippen LogP contribution < -0.4 is 16.0 Å². The second-order valence-corrected chi connectivity index (χ2v) is 10.1. The molecule has 0 N–H and O–H groups in total. The quantitative estimate of drug-likeness (QED) is 0.310. The van der Waals surface area contributed by atoms with Gasteiger partial charge in [-0.2, -0.15) is 0 Å². The van der Waals surface area contributed by atoms with Crippen molar-refractivity contribution in [2.75, 3.05) is 38.3 Å². The molecule has 0 spiro atoms. The zero-order valence-corrected chi connectivity index (χ0v) is 23.2. The standard InChI is InChI=1S/C30H28N6O5/c1-17-11-20-25(35(3)28(17)37)13-26(36-7-9-41-10-8-36)33-27(20)22-16-34(2)29(38)19-12-24(32-15-21(19)22)18-5-6-23(31-14-18)30(39)40-4/h5-6,11-16H,7-10H2,1-4H3. The summed E-state index contributed by atoms with van der Waals surface area (Å²) in [6.45, 7) is 4.33. The maximum atomic E-state index is 13.4. The van der Waals surface area contributed by atoms with Gasteiger partial charge in [0.1, 0.15) is 11.5 Å². The maximum absolute atomic E-state index is 13.4. The molecule has 0 aliphatic carbocycles. The molecule has 1 fully saturated rings. The lowest BCUT2D eigenvalue weighted by Crippen LogP contribution is -2.37. The van der Waals surface area contributed by atoms with Crippen molar-refractivity contribution in [2.24, 2.45) is 14.1 Å². The normalized spacial score (nSPS) is 13.6. The van der Waals surface area contributed by atoms with Crippen molar-refractivity contribution in [1.29, 1.82) is 0 Å². The van der Waals surface area contributed by atoms with Crippen molar-refractivity contribution in [1.82, 2.24) is 24.1 Å². The van der Waals surface area contributed by atoms with Crippen LogP contribution in [0.25, 0.3) is 44.2 Å². The Hall–Kier alpha value is -4.90. The fourth-order valence-corrected chi connectivity index (χ4v) is 5.24. The molecule has 0 radical (unpaired) electrons. The van der Waals surface area contributed by atoms with Crippen LogP contribution in [0.1, 0.15) is 16.1 Å². The number of hydrogen-bond donors (Lipinski definition) is 0. The van der Waals surface area contributed by atoms with Crippen molar-refractivity contribution in [3.63, 3.8) is 0 Å². The Morgan fingerprint density at radius 3 is 2.44 bits per heavy atom. The molecule has 11 nitrogen and oxygen atoms in total. The Bertz CT molecular complexity index is 1960. The number of carbonyl (C=O) groups is 1. The molecule has 5 aromatic rings. The van der Waals surface area contributed by atoms with E-state index < -0.39 is 5.97 Å². The molecule has 11 heteroatoms. The summed E-state index contributed by atoms with van der Waals surface area (Å²) in [4.78, 5) is 54.1. The number of rotatable bonds is 4. The maximum Gasteiger partial charge on any atom is 0.356 e. The predicted octanol–water partition coefficient (Wildman–Crippen LogP) is 2.84. The molecule has 0 aromatic carbocycles. The second-order valence-electron chi connectivity index (χ2n) is 10.1. The van der Waals surface area contributed by atoms with Crippen molar-refractivity contribution in [3.8, 4) is 22.5 Å². The number of methoxy groups -OCH3 is 1. The molecule has 1 aliphatic heterocycles. The van der Waals surface area contributed by atoms with Gasteiger partial charge in [-0.25, -0.2) is 14.8 Å². The van der Waals surface area contributed by atoms with Gasteiger partial charge in [0.15, 0.2) is 0 Å². The summed E-state index contributed by atoms with van der Waals surface area (Å²) in [6.07, 6.45) is 4.96. The summed E-state index contributed by atoms with van der Waals surface area (Å²) >= 11 is 0. The SMILES string of the molecule is COC(=O)c1ccc(-c2cc3c(=O)n(C)cc(-c4nc(N5CCOCC5)cc5c4cc(C)c(=O)n5C)c3cn2)cn1. The zero-order valence-electron chi connectivity index (χ0n) is 23.2. The Balaban J connectivity index is 1.59. The minimum Gasteiger partial charge on any atom is -0.464 e. The summed E-state index contributed by atoms with van der Waals surface area (Å²) in [7, 11) is 4.76. The number of carbonyl (C=O) groups excluding carboxylic acids is 1. The third kappa shape index (κ3) is 4.53. The summed E-state index contributed by atoms with van der Waals surface area (Å²) in [5.74, 6) is 0.200. The van der Waals surface area contributed by atoms with Gasteiger partial charge in [0, 0.05) is 79.3 Å². The lowest BCUT2D eigenvalue weighted by Gasteiger charge is -2.29. The molecule has 1 aliphatic rings. The highest BCUT2D eigenvalue weighted by Gasteiger charge is 2.21. The largest absolute Gasteiger partial charge is 0.464 e. The van der Waals surface area contributed by atoms with Gasteiger partial charge in [0.05, 0.1) is 42.6 Å². The van der Waals surface area contributed by atoms with Gasteiger partial charge < -0.3 is 23.5 Å². The number of nitrogens with zero attached hydrogens (tertiary/aromatic N) is 6. The predicted molar refractivity (Wildman–Crippen MR) is 155 cm³/mol. The molecule has 5 aromatic heterocycles. The summed E-state index contributed by atoms with van der Waals surface area (Å²) < 4.78 is 13.4. The first-order valence-electron chi connectivity index (χ1n) is 13.2. The smallest absolute Gasteiger partial charge is 0.356 e. The average molecular weight is 553 g/mol. The van der Waals surface area contributed by atoms with E-state index in [4.69, 9.17) is 14.5 Å². The van der Waals surface area contributed by atoms with E-state index in [9.17, 15) is 14.4 Å². The fourth-order valence-electron chi connectivity index (χ4n) is 5.24. The Morgan fingerprint density at radius 1 is 0.951 bits per heavy atom. The van der Waals surface area contributed by atoms with Crippen LogP contribution in [-0.4, -0.2) is 63.5 Å². The minimum atomic E-state index is -0.534. The van der Waals surface area contributed by atoms with E-state index in [0.29, 0.717) is 59.6 Å². The third-order valence-corrected chi connectivity index (χ3v) is 7.50. The Kier molecular flexibility index (Phi) is 6.58. The molecule has 0 amide bonds. The van der Waals surface area contributed by atoms with Crippen molar-refractivity contribution >= 4 is 33.5 Å². The lowest BCUT2D eigenvalue weighted by molar-refractivity contribution is 0.0594. The number of pyridine rings is 5. The fraction of sp³-hybridized carbons (Fsp3) is 0.267. The first kappa shape index (κ1) is 26.3. The highest BCUT2D eigenvalue weighted by atomic mass is 16.5. The van der Waals surface area contributed by atoms with Gasteiger partial charge in [-0.1, -0.05) is 0 Å². The Labute approximate surface area is 234 Å². The lowest BCUT2D eigenvalue weighted by atomic mass is 10.0. The number of aryl methyl sites for hydroxylation is 3. The minimum absolute atomic E-state index is 0.0777. The highest BCUT2D eigenvalue weighted by molar-refractivity contribution is 6.04. The van der Waals surface area contributed by atoms with E-state index in [1.165, 1.54) is 17.9 Å². The molecule has 0 unspecified atom stereocenters. The van der Waals surface area contributed by atoms with Crippen LogP contribution in [0.2, 0.25) is 0 Å². The highest BCUT2D eigenvalue weighted by Crippen LogP contribution is 2.34. The van der Waals surface area contributed by atoms with Crippen LogP contribution in [0.3, 0.4) is 0 Å². The number of morpholine rings is 1. The Morgan fingerprint density at radius 2 is 1.73 bits per heavy atom. The van der Waals surface area contributed by atoms with Gasteiger partial charge in [0.25, 0.3) is 11.1 Å². The number of anilines is 1. The van der Waals surface area contributed by atoms with Crippen LogP contribution in [0, 0.1) is 6.92 Å². The van der Waals surface area contributed by atoms with Gasteiger partial charge in [-0.3, -0.25) is 14.6 Å². The van der Waals surface area contributed by atoms with Gasteiger partial charge in [-0.15, -0.1) is 0 Å². The average Bonchev–Trinajstić information content (AvgIpc) is 3.01. The van der Waals surface area contributed by atoms with Crippen molar-refractivity contribution < 1.29 is 14.3 Å². The molecule has 6 rings (SSSR count). The summed E-state index contributed by atoms with van der Waals surface area (Å²) in [5, 5.41) is 1.89. The van der Waals surface area contributed by atoms with E-state index in [0.717, 1.165) is 22.3 Å². The van der Waals surface area contributed by atoms with E-state index in [1.807, 2.05) is 12.1 Å². The summed E-state index contributed by atoms with van der Waals surface area (Å²) in [6, 6.07) is 8.80. The molecule has 1 saturated heterocycles. The van der Waals surface area contributed by atoms with Gasteiger partial charge in [0.2, 0.25) is 0 Å².